The van der Waals surface area contributed by atoms with Crippen molar-refractivity contribution in [2.24, 2.45) is 11.7 Å². The number of carbonyl (C=O) groups is 1. The van der Waals surface area contributed by atoms with Crippen molar-refractivity contribution in [3.63, 3.8) is 0 Å². The Balaban J connectivity index is 1.84. The summed E-state index contributed by atoms with van der Waals surface area (Å²) in [5.41, 5.74) is 6.04. The van der Waals surface area contributed by atoms with Crippen LogP contribution in [0, 0.1) is 5.92 Å². The van der Waals surface area contributed by atoms with Crippen molar-refractivity contribution in [1.82, 2.24) is 4.90 Å². The normalized spacial score (nSPS) is 28.4. The second-order valence-electron chi connectivity index (χ2n) is 5.78. The van der Waals surface area contributed by atoms with Crippen molar-refractivity contribution in [2.45, 2.75) is 50.5 Å². The van der Waals surface area contributed by atoms with Crippen molar-refractivity contribution < 1.29 is 9.90 Å². The van der Waals surface area contributed by atoms with Gasteiger partial charge in [0.2, 0.25) is 5.91 Å². The van der Waals surface area contributed by atoms with Crippen LogP contribution in [-0.2, 0) is 4.79 Å². The molecule has 1 saturated heterocycles. The number of aliphatic hydroxyl groups excluding tert-OH is 1. The van der Waals surface area contributed by atoms with Crippen molar-refractivity contribution in [3.8, 4) is 0 Å². The summed E-state index contributed by atoms with van der Waals surface area (Å²) >= 11 is 0. The van der Waals surface area contributed by atoms with E-state index in [0.29, 0.717) is 13.0 Å². The Bertz CT molecular complexity index is 275. The Hall–Kier alpha value is -0.610. The summed E-state index contributed by atoms with van der Waals surface area (Å²) in [6.45, 7) is 1.70. The van der Waals surface area contributed by atoms with Crippen LogP contribution in [0.2, 0.25) is 0 Å². The molecule has 1 atom stereocenters. The van der Waals surface area contributed by atoms with E-state index in [1.54, 1.807) is 0 Å². The molecule has 1 heterocycles. The fraction of sp³-hybridized carbons (Fsp3) is 0.923. The topological polar surface area (TPSA) is 66.6 Å². The lowest BCUT2D eigenvalue weighted by molar-refractivity contribution is -0.131. The van der Waals surface area contributed by atoms with Crippen LogP contribution in [0.15, 0.2) is 0 Å². The fourth-order valence-corrected chi connectivity index (χ4v) is 3.05. The standard InChI is InChI=1S/C13H24N2O2/c14-13(5-2-1-3-6-13)8-12(17)15-7-4-11(9-15)10-16/h11,16H,1-10,14H2. The Kier molecular flexibility index (Phi) is 4.05. The molecule has 0 bridgehead atoms. The Labute approximate surface area is 103 Å². The van der Waals surface area contributed by atoms with Gasteiger partial charge >= 0.3 is 0 Å². The molecule has 3 N–H and O–H groups in total. The second kappa shape index (κ2) is 5.36. The summed E-state index contributed by atoms with van der Waals surface area (Å²) in [7, 11) is 0. The van der Waals surface area contributed by atoms with Gasteiger partial charge in [-0.2, -0.15) is 0 Å². The van der Waals surface area contributed by atoms with Gasteiger partial charge in [0.1, 0.15) is 0 Å². The van der Waals surface area contributed by atoms with E-state index in [-0.39, 0.29) is 24.0 Å². The number of hydrogen-bond acceptors (Lipinski definition) is 3. The molecule has 1 saturated carbocycles. The molecule has 2 rings (SSSR count). The average molecular weight is 240 g/mol. The third-order valence-electron chi connectivity index (χ3n) is 4.25. The number of nitrogens with two attached hydrogens (primary N) is 1. The first-order valence-corrected chi connectivity index (χ1v) is 6.80. The lowest BCUT2D eigenvalue weighted by atomic mass is 9.80. The summed E-state index contributed by atoms with van der Waals surface area (Å²) < 4.78 is 0. The average Bonchev–Trinajstić information content (AvgIpc) is 2.78. The van der Waals surface area contributed by atoms with Crippen molar-refractivity contribution in [3.05, 3.63) is 0 Å². The van der Waals surface area contributed by atoms with Crippen LogP contribution in [0.3, 0.4) is 0 Å². The SMILES string of the molecule is NC1(CC(=O)N2CCC(CO)C2)CCCCC1. The summed E-state index contributed by atoms with van der Waals surface area (Å²) in [5, 5.41) is 9.08. The molecule has 4 heteroatoms. The first-order valence-electron chi connectivity index (χ1n) is 6.80. The van der Waals surface area contributed by atoms with E-state index in [0.717, 1.165) is 38.6 Å². The lowest BCUT2D eigenvalue weighted by Gasteiger charge is -2.34. The van der Waals surface area contributed by atoms with Gasteiger partial charge in [-0.3, -0.25) is 4.79 Å². The van der Waals surface area contributed by atoms with E-state index in [1.165, 1.54) is 6.42 Å². The molecule has 1 aliphatic heterocycles. The first kappa shape index (κ1) is 12.8. The number of carbonyl (C=O) groups excluding carboxylic acids is 1. The van der Waals surface area contributed by atoms with Crippen molar-refractivity contribution in [2.75, 3.05) is 19.7 Å². The van der Waals surface area contributed by atoms with E-state index in [9.17, 15) is 4.79 Å². The maximum absolute atomic E-state index is 12.1. The van der Waals surface area contributed by atoms with Gasteiger partial charge in [-0.15, -0.1) is 0 Å². The quantitative estimate of drug-likeness (QED) is 0.769. The van der Waals surface area contributed by atoms with Crippen LogP contribution in [0.1, 0.15) is 44.9 Å². The maximum atomic E-state index is 12.1. The molecule has 1 aliphatic carbocycles. The van der Waals surface area contributed by atoms with Gasteiger partial charge in [0.25, 0.3) is 0 Å². The summed E-state index contributed by atoms with van der Waals surface area (Å²) in [5.74, 6) is 0.462. The number of aliphatic hydroxyl groups is 1. The highest BCUT2D eigenvalue weighted by Gasteiger charge is 2.33. The van der Waals surface area contributed by atoms with Crippen LogP contribution in [0.25, 0.3) is 0 Å². The van der Waals surface area contributed by atoms with Crippen LogP contribution in [0.4, 0.5) is 0 Å². The summed E-state index contributed by atoms with van der Waals surface area (Å²) in [6.07, 6.45) is 6.95. The molecule has 1 amide bonds. The molecule has 0 aromatic carbocycles. The van der Waals surface area contributed by atoms with Gasteiger partial charge in [0.15, 0.2) is 0 Å². The molecule has 0 aromatic rings. The van der Waals surface area contributed by atoms with Gasteiger partial charge < -0.3 is 15.7 Å². The number of rotatable bonds is 3. The summed E-state index contributed by atoms with van der Waals surface area (Å²) in [4.78, 5) is 14.0. The predicted octanol–water partition coefficient (Wildman–Crippen LogP) is 0.879. The molecule has 98 valence electrons. The minimum atomic E-state index is -0.257. The highest BCUT2D eigenvalue weighted by atomic mass is 16.3. The Morgan fingerprint density at radius 1 is 1.35 bits per heavy atom. The molecule has 0 radical (unpaired) electrons. The van der Waals surface area contributed by atoms with Crippen molar-refractivity contribution in [1.29, 1.82) is 0 Å². The highest BCUT2D eigenvalue weighted by molar-refractivity contribution is 5.77. The molecular formula is C13H24N2O2. The summed E-state index contributed by atoms with van der Waals surface area (Å²) in [6, 6.07) is 0. The zero-order valence-electron chi connectivity index (χ0n) is 10.5. The third kappa shape index (κ3) is 3.19. The van der Waals surface area contributed by atoms with Crippen LogP contribution in [0.5, 0.6) is 0 Å². The minimum absolute atomic E-state index is 0.186. The Morgan fingerprint density at radius 3 is 2.65 bits per heavy atom. The van der Waals surface area contributed by atoms with Crippen LogP contribution >= 0.6 is 0 Å². The van der Waals surface area contributed by atoms with Crippen LogP contribution in [-0.4, -0.2) is 41.1 Å². The molecule has 2 fully saturated rings. The van der Waals surface area contributed by atoms with Gasteiger partial charge in [-0.05, 0) is 19.3 Å². The number of hydrogen-bond donors (Lipinski definition) is 2. The van der Waals surface area contributed by atoms with E-state index in [1.807, 2.05) is 4.90 Å². The fourth-order valence-electron chi connectivity index (χ4n) is 3.05. The molecule has 1 unspecified atom stereocenters. The Morgan fingerprint density at radius 2 is 2.06 bits per heavy atom. The van der Waals surface area contributed by atoms with Gasteiger partial charge in [-0.1, -0.05) is 19.3 Å². The molecular weight excluding hydrogens is 216 g/mol. The second-order valence-corrected chi connectivity index (χ2v) is 5.78. The molecule has 0 aromatic heterocycles. The highest BCUT2D eigenvalue weighted by Crippen LogP contribution is 2.30. The van der Waals surface area contributed by atoms with Gasteiger partial charge in [-0.25, -0.2) is 0 Å². The van der Waals surface area contributed by atoms with Gasteiger partial charge in [0.05, 0.1) is 0 Å². The first-order chi connectivity index (χ1) is 8.13. The molecule has 2 aliphatic rings. The molecule has 17 heavy (non-hydrogen) atoms. The number of amides is 1. The smallest absolute Gasteiger partial charge is 0.224 e. The van der Waals surface area contributed by atoms with Crippen LogP contribution < -0.4 is 5.73 Å². The largest absolute Gasteiger partial charge is 0.396 e. The minimum Gasteiger partial charge on any atom is -0.396 e. The van der Waals surface area contributed by atoms with Crippen molar-refractivity contribution >= 4 is 5.91 Å². The van der Waals surface area contributed by atoms with E-state index >= 15 is 0 Å². The monoisotopic (exact) mass is 240 g/mol. The zero-order valence-corrected chi connectivity index (χ0v) is 10.5. The lowest BCUT2D eigenvalue weighted by Crippen LogP contribution is -2.46. The van der Waals surface area contributed by atoms with E-state index < -0.39 is 0 Å². The number of nitrogens with zero attached hydrogens (tertiary/aromatic N) is 1. The van der Waals surface area contributed by atoms with E-state index in [4.69, 9.17) is 10.8 Å². The molecule has 0 spiro atoms. The van der Waals surface area contributed by atoms with E-state index in [2.05, 4.69) is 0 Å². The zero-order chi connectivity index (χ0) is 12.3. The third-order valence-corrected chi connectivity index (χ3v) is 4.25. The molecule has 4 nitrogen and oxygen atoms in total. The maximum Gasteiger partial charge on any atom is 0.224 e. The van der Waals surface area contributed by atoms with Gasteiger partial charge in [0, 0.05) is 37.6 Å². The number of likely N-dealkylation sites (tertiary alicyclic amines) is 1. The predicted molar refractivity (Wildman–Crippen MR) is 66.4 cm³/mol.